The van der Waals surface area contributed by atoms with E-state index in [2.05, 4.69) is 5.32 Å². The van der Waals surface area contributed by atoms with Gasteiger partial charge in [0.1, 0.15) is 0 Å². The number of nitrogens with one attached hydrogen (secondary N) is 1. The summed E-state index contributed by atoms with van der Waals surface area (Å²) in [7, 11) is 0. The number of ketones is 1. The van der Waals surface area contributed by atoms with Crippen LogP contribution in [-0.2, 0) is 4.79 Å². The molecule has 0 aromatic heterocycles. The quantitative estimate of drug-likeness (QED) is 0.605. The van der Waals surface area contributed by atoms with Crippen molar-refractivity contribution in [1.82, 2.24) is 0 Å². The summed E-state index contributed by atoms with van der Waals surface area (Å²) in [5.41, 5.74) is 8.04. The van der Waals surface area contributed by atoms with Crippen LogP contribution >= 0.6 is 11.8 Å². The van der Waals surface area contributed by atoms with Gasteiger partial charge in [-0.2, -0.15) is 11.8 Å². The number of hydrogen-bond donors (Lipinski definition) is 2. The molecule has 0 heterocycles. The summed E-state index contributed by atoms with van der Waals surface area (Å²) in [6, 6.07) is 14.5. The molecule has 0 radical (unpaired) electrons. The number of rotatable bonds is 7. The van der Waals surface area contributed by atoms with E-state index in [4.69, 9.17) is 5.73 Å². The van der Waals surface area contributed by atoms with E-state index in [9.17, 15) is 9.59 Å². The van der Waals surface area contributed by atoms with Crippen molar-refractivity contribution in [2.24, 2.45) is 5.73 Å². The van der Waals surface area contributed by atoms with Gasteiger partial charge in [-0.25, -0.2) is 0 Å². The molecule has 0 saturated carbocycles. The third kappa shape index (κ3) is 4.94. The Morgan fingerprint density at radius 2 is 1.87 bits per heavy atom. The molecule has 2 aromatic carbocycles. The lowest BCUT2D eigenvalue weighted by Crippen LogP contribution is -2.18. The van der Waals surface area contributed by atoms with E-state index in [0.717, 1.165) is 11.3 Å². The molecule has 0 saturated heterocycles. The van der Waals surface area contributed by atoms with Gasteiger partial charge in [0.05, 0.1) is 11.4 Å². The van der Waals surface area contributed by atoms with Gasteiger partial charge in [-0.1, -0.05) is 42.0 Å². The molecule has 0 aliphatic rings. The van der Waals surface area contributed by atoms with Gasteiger partial charge in [-0.3, -0.25) is 9.59 Å². The van der Waals surface area contributed by atoms with Crippen LogP contribution in [0, 0.1) is 6.92 Å². The van der Waals surface area contributed by atoms with Crippen LogP contribution in [0.3, 0.4) is 0 Å². The number of nitrogens with two attached hydrogens (primary N) is 1. The number of carbonyl (C=O) groups excluding carboxylic acids is 2. The Kier molecular flexibility index (Phi) is 6.38. The standard InChI is InChI=1S/C18H20N2O2S/c1-13-7-8-16(20-17(21)12-23-10-9-19)15(11-13)18(22)14-5-3-2-4-6-14/h2-8,11H,9-10,12,19H2,1H3,(H,20,21). The molecule has 0 aliphatic carbocycles. The molecule has 23 heavy (non-hydrogen) atoms. The first-order chi connectivity index (χ1) is 11.1. The van der Waals surface area contributed by atoms with Crippen molar-refractivity contribution >= 4 is 29.1 Å². The van der Waals surface area contributed by atoms with Crippen LogP contribution in [-0.4, -0.2) is 29.7 Å². The first-order valence-corrected chi connectivity index (χ1v) is 8.55. The fourth-order valence-corrected chi connectivity index (χ4v) is 2.70. The lowest BCUT2D eigenvalue weighted by molar-refractivity contribution is -0.113. The van der Waals surface area contributed by atoms with Crippen molar-refractivity contribution in [3.63, 3.8) is 0 Å². The van der Waals surface area contributed by atoms with Gasteiger partial charge in [0.2, 0.25) is 5.91 Å². The Balaban J connectivity index is 2.21. The highest BCUT2D eigenvalue weighted by molar-refractivity contribution is 7.99. The van der Waals surface area contributed by atoms with Crippen LogP contribution in [0.4, 0.5) is 5.69 Å². The molecule has 0 aliphatic heterocycles. The summed E-state index contributed by atoms with van der Waals surface area (Å²) in [5, 5.41) is 2.83. The molecule has 2 aromatic rings. The average molecular weight is 328 g/mol. The average Bonchev–Trinajstić information content (AvgIpc) is 2.57. The summed E-state index contributed by atoms with van der Waals surface area (Å²) >= 11 is 1.47. The minimum atomic E-state index is -0.130. The monoisotopic (exact) mass is 328 g/mol. The fourth-order valence-electron chi connectivity index (χ4n) is 2.13. The maximum atomic E-state index is 12.7. The third-order valence-electron chi connectivity index (χ3n) is 3.23. The highest BCUT2D eigenvalue weighted by Crippen LogP contribution is 2.21. The minimum absolute atomic E-state index is 0.0980. The van der Waals surface area contributed by atoms with E-state index in [1.54, 1.807) is 24.3 Å². The number of hydrogen-bond acceptors (Lipinski definition) is 4. The van der Waals surface area contributed by atoms with Gasteiger partial charge in [0.15, 0.2) is 5.78 Å². The van der Waals surface area contributed by atoms with Crippen LogP contribution < -0.4 is 11.1 Å². The van der Waals surface area contributed by atoms with Crippen molar-refractivity contribution in [1.29, 1.82) is 0 Å². The van der Waals surface area contributed by atoms with E-state index in [1.165, 1.54) is 11.8 Å². The molecular weight excluding hydrogens is 308 g/mol. The van der Waals surface area contributed by atoms with Gasteiger partial charge in [-0.15, -0.1) is 0 Å². The Bertz CT molecular complexity index is 687. The van der Waals surface area contributed by atoms with E-state index in [0.29, 0.717) is 29.1 Å². The van der Waals surface area contributed by atoms with Crippen LogP contribution in [0.15, 0.2) is 48.5 Å². The molecular formula is C18H20N2O2S. The molecule has 120 valence electrons. The second-order valence-corrected chi connectivity index (χ2v) is 6.24. The summed E-state index contributed by atoms with van der Waals surface area (Å²) in [4.78, 5) is 24.7. The highest BCUT2D eigenvalue weighted by atomic mass is 32.2. The Hall–Kier alpha value is -2.11. The van der Waals surface area contributed by atoms with Crippen LogP contribution in [0.25, 0.3) is 0 Å². The van der Waals surface area contributed by atoms with Gasteiger partial charge in [0, 0.05) is 23.4 Å². The predicted molar refractivity (Wildman–Crippen MR) is 96.1 cm³/mol. The molecule has 4 nitrogen and oxygen atoms in total. The van der Waals surface area contributed by atoms with E-state index >= 15 is 0 Å². The lowest BCUT2D eigenvalue weighted by Gasteiger charge is -2.11. The first kappa shape index (κ1) is 17.2. The van der Waals surface area contributed by atoms with Crippen molar-refractivity contribution in [2.45, 2.75) is 6.92 Å². The topological polar surface area (TPSA) is 72.2 Å². The SMILES string of the molecule is Cc1ccc(NC(=O)CSCCN)c(C(=O)c2ccccc2)c1. The predicted octanol–water partition coefficient (Wildman–Crippen LogP) is 2.86. The van der Waals surface area contributed by atoms with Crippen LogP contribution in [0.2, 0.25) is 0 Å². The molecule has 0 atom stereocenters. The first-order valence-electron chi connectivity index (χ1n) is 7.40. The van der Waals surface area contributed by atoms with E-state index in [1.807, 2.05) is 31.2 Å². The molecule has 0 unspecified atom stereocenters. The maximum absolute atomic E-state index is 12.7. The minimum Gasteiger partial charge on any atom is -0.330 e. The fraction of sp³-hybridized carbons (Fsp3) is 0.222. The normalized spacial score (nSPS) is 10.3. The van der Waals surface area contributed by atoms with Crippen LogP contribution in [0.1, 0.15) is 21.5 Å². The number of thioether (sulfide) groups is 1. The summed E-state index contributed by atoms with van der Waals surface area (Å²) in [5.74, 6) is 0.829. The van der Waals surface area contributed by atoms with E-state index in [-0.39, 0.29) is 11.7 Å². The molecule has 2 rings (SSSR count). The van der Waals surface area contributed by atoms with Gasteiger partial charge in [0.25, 0.3) is 0 Å². The molecule has 5 heteroatoms. The molecule has 0 spiro atoms. The summed E-state index contributed by atoms with van der Waals surface area (Å²) in [6.45, 7) is 2.46. The Morgan fingerprint density at radius 1 is 1.13 bits per heavy atom. The summed E-state index contributed by atoms with van der Waals surface area (Å²) in [6.07, 6.45) is 0. The number of anilines is 1. The zero-order valence-electron chi connectivity index (χ0n) is 13.0. The van der Waals surface area contributed by atoms with Crippen molar-refractivity contribution in [3.8, 4) is 0 Å². The van der Waals surface area contributed by atoms with Crippen molar-refractivity contribution in [3.05, 3.63) is 65.2 Å². The van der Waals surface area contributed by atoms with Crippen molar-refractivity contribution in [2.75, 3.05) is 23.4 Å². The number of carbonyl (C=O) groups is 2. The van der Waals surface area contributed by atoms with Gasteiger partial charge < -0.3 is 11.1 Å². The largest absolute Gasteiger partial charge is 0.330 e. The van der Waals surface area contributed by atoms with Crippen molar-refractivity contribution < 1.29 is 9.59 Å². The second kappa shape index (κ2) is 8.50. The third-order valence-corrected chi connectivity index (χ3v) is 4.22. The summed E-state index contributed by atoms with van der Waals surface area (Å²) < 4.78 is 0. The van der Waals surface area contributed by atoms with Gasteiger partial charge >= 0.3 is 0 Å². The van der Waals surface area contributed by atoms with Crippen LogP contribution in [0.5, 0.6) is 0 Å². The number of aryl methyl sites for hydroxylation is 1. The highest BCUT2D eigenvalue weighted by Gasteiger charge is 2.15. The molecule has 0 bridgehead atoms. The molecule has 1 amide bonds. The number of amides is 1. The molecule has 3 N–H and O–H groups in total. The maximum Gasteiger partial charge on any atom is 0.234 e. The molecule has 0 fully saturated rings. The number of benzene rings is 2. The smallest absolute Gasteiger partial charge is 0.234 e. The zero-order chi connectivity index (χ0) is 16.7. The van der Waals surface area contributed by atoms with Gasteiger partial charge in [-0.05, 0) is 19.1 Å². The second-order valence-electron chi connectivity index (χ2n) is 5.13. The Labute approximate surface area is 140 Å². The Morgan fingerprint density at radius 3 is 2.57 bits per heavy atom. The zero-order valence-corrected chi connectivity index (χ0v) is 13.9. The lowest BCUT2D eigenvalue weighted by atomic mass is 10.00. The van der Waals surface area contributed by atoms with E-state index < -0.39 is 0 Å².